The zero-order chi connectivity index (χ0) is 17.8. The van der Waals surface area contributed by atoms with E-state index >= 15 is 0 Å². The second-order valence-corrected chi connectivity index (χ2v) is 5.40. The van der Waals surface area contributed by atoms with Crippen LogP contribution in [-0.2, 0) is 14.3 Å². The van der Waals surface area contributed by atoms with Gasteiger partial charge in [0.1, 0.15) is 0 Å². The van der Waals surface area contributed by atoms with Crippen molar-refractivity contribution in [3.8, 4) is 0 Å². The van der Waals surface area contributed by atoms with Crippen LogP contribution in [0, 0.1) is 0 Å². The van der Waals surface area contributed by atoms with E-state index < -0.39 is 11.9 Å². The van der Waals surface area contributed by atoms with Crippen LogP contribution >= 0.6 is 0 Å². The van der Waals surface area contributed by atoms with Crippen LogP contribution in [0.1, 0.15) is 38.2 Å². The highest BCUT2D eigenvalue weighted by atomic mass is 16.5. The van der Waals surface area contributed by atoms with Crippen molar-refractivity contribution >= 4 is 18.0 Å². The second kappa shape index (κ2) is 11.0. The maximum atomic E-state index is 11.1. The number of unbranched alkanes of at least 4 members (excludes halogenated alkanes) is 1. The minimum atomic E-state index is -1.12. The number of rotatable bonds is 7. The lowest BCUT2D eigenvalue weighted by Gasteiger charge is -2.02. The average Bonchev–Trinajstić information content (AvgIpc) is 3.38. The molecule has 0 aliphatic heterocycles. The third-order valence-corrected chi connectivity index (χ3v) is 3.13. The minimum Gasteiger partial charge on any atom is -0.478 e. The van der Waals surface area contributed by atoms with Gasteiger partial charge in [0.25, 0.3) is 0 Å². The predicted molar refractivity (Wildman–Crippen MR) is 95.4 cm³/mol. The van der Waals surface area contributed by atoms with E-state index in [-0.39, 0.29) is 5.57 Å². The highest BCUT2D eigenvalue weighted by molar-refractivity contribution is 5.93. The van der Waals surface area contributed by atoms with Gasteiger partial charge in [-0.15, -0.1) is 0 Å². The van der Waals surface area contributed by atoms with Crippen LogP contribution in [0.4, 0.5) is 0 Å². The molecule has 24 heavy (non-hydrogen) atoms. The molecule has 0 aromatic heterocycles. The monoisotopic (exact) mass is 328 g/mol. The molecule has 1 aliphatic carbocycles. The lowest BCUT2D eigenvalue weighted by atomic mass is 10.2. The van der Waals surface area contributed by atoms with E-state index in [2.05, 4.69) is 43.0 Å². The maximum absolute atomic E-state index is 11.1. The molecule has 0 atom stereocenters. The number of hydrogen-bond donors (Lipinski definition) is 1. The number of aliphatic carboxylic acids is 1. The predicted octanol–water partition coefficient (Wildman–Crippen LogP) is 4.39. The van der Waals surface area contributed by atoms with Crippen molar-refractivity contribution in [3.05, 3.63) is 65.8 Å². The number of benzene rings is 1. The van der Waals surface area contributed by atoms with Gasteiger partial charge in [0.05, 0.1) is 12.2 Å². The normalized spacial score (nSPS) is 12.1. The zero-order valence-corrected chi connectivity index (χ0v) is 14.0. The van der Waals surface area contributed by atoms with Crippen molar-refractivity contribution in [3.63, 3.8) is 0 Å². The summed E-state index contributed by atoms with van der Waals surface area (Å²) in [7, 11) is 0. The molecule has 1 saturated carbocycles. The first-order valence-corrected chi connectivity index (χ1v) is 8.04. The second-order valence-electron chi connectivity index (χ2n) is 5.40. The van der Waals surface area contributed by atoms with Gasteiger partial charge in [-0.3, -0.25) is 0 Å². The molecule has 1 aromatic rings. The topological polar surface area (TPSA) is 63.6 Å². The fourth-order valence-corrected chi connectivity index (χ4v) is 1.64. The average molecular weight is 328 g/mol. The van der Waals surface area contributed by atoms with Gasteiger partial charge in [0.2, 0.25) is 0 Å². The molecule has 0 heterocycles. The molecule has 2 rings (SSSR count). The van der Waals surface area contributed by atoms with E-state index in [1.165, 1.54) is 18.4 Å². The molecule has 0 spiro atoms. The fourth-order valence-electron chi connectivity index (χ4n) is 1.64. The smallest absolute Gasteiger partial charge is 0.337 e. The number of carbonyl (C=O) groups excluding carboxylic acids is 1. The molecule has 1 aliphatic rings. The molecule has 1 aromatic carbocycles. The number of ether oxygens (including phenoxy) is 1. The highest BCUT2D eigenvalue weighted by Gasteiger charge is 2.09. The molecule has 4 nitrogen and oxygen atoms in total. The summed E-state index contributed by atoms with van der Waals surface area (Å²) >= 11 is 0. The molecule has 128 valence electrons. The third-order valence-electron chi connectivity index (χ3n) is 3.13. The summed E-state index contributed by atoms with van der Waals surface area (Å²) in [5.41, 5.74) is 2.98. The molecule has 4 heteroatoms. The summed E-state index contributed by atoms with van der Waals surface area (Å²) in [6.45, 7) is 5.70. The molecule has 0 amide bonds. The first-order chi connectivity index (χ1) is 11.5. The summed E-state index contributed by atoms with van der Waals surface area (Å²) in [6.07, 6.45) is 8.61. The Bertz CT molecular complexity index is 606. The summed E-state index contributed by atoms with van der Waals surface area (Å²) in [6, 6.07) is 10.5. The van der Waals surface area contributed by atoms with Crippen LogP contribution < -0.4 is 0 Å². The van der Waals surface area contributed by atoms with Crippen LogP contribution in [0.3, 0.4) is 0 Å². The lowest BCUT2D eigenvalue weighted by Crippen LogP contribution is -2.07. The Morgan fingerprint density at radius 2 is 1.88 bits per heavy atom. The van der Waals surface area contributed by atoms with E-state index in [1.807, 2.05) is 6.92 Å². The van der Waals surface area contributed by atoms with Crippen LogP contribution in [0.15, 0.2) is 60.2 Å². The first kappa shape index (κ1) is 19.4. The van der Waals surface area contributed by atoms with Gasteiger partial charge in [0, 0.05) is 6.08 Å². The molecular formula is C20H24O4. The summed E-state index contributed by atoms with van der Waals surface area (Å²) in [5.74, 6) is -1.69. The van der Waals surface area contributed by atoms with Gasteiger partial charge < -0.3 is 9.84 Å². The van der Waals surface area contributed by atoms with Gasteiger partial charge in [-0.1, -0.05) is 61.9 Å². The van der Waals surface area contributed by atoms with Crippen molar-refractivity contribution in [1.82, 2.24) is 0 Å². The van der Waals surface area contributed by atoms with Gasteiger partial charge >= 0.3 is 11.9 Å². The Morgan fingerprint density at radius 1 is 1.21 bits per heavy atom. The van der Waals surface area contributed by atoms with Gasteiger partial charge in [0.15, 0.2) is 0 Å². The van der Waals surface area contributed by atoms with Crippen LogP contribution in [0.5, 0.6) is 0 Å². The number of carboxylic acids is 1. The Hall–Kier alpha value is -2.62. The molecule has 0 bridgehead atoms. The van der Waals surface area contributed by atoms with Crippen molar-refractivity contribution in [2.24, 2.45) is 0 Å². The zero-order valence-electron chi connectivity index (χ0n) is 14.0. The van der Waals surface area contributed by atoms with Crippen LogP contribution in [0.2, 0.25) is 0 Å². The summed E-state index contributed by atoms with van der Waals surface area (Å²) < 4.78 is 4.79. The largest absolute Gasteiger partial charge is 0.478 e. The summed E-state index contributed by atoms with van der Waals surface area (Å²) in [5, 5.41) is 8.28. The molecule has 0 radical (unpaired) electrons. The molecule has 1 fully saturated rings. The molecule has 1 N–H and O–H groups in total. The highest BCUT2D eigenvalue weighted by Crippen LogP contribution is 2.29. The van der Waals surface area contributed by atoms with Crippen molar-refractivity contribution in [2.45, 2.75) is 32.6 Å². The van der Waals surface area contributed by atoms with E-state index in [0.29, 0.717) is 6.61 Å². The quantitative estimate of drug-likeness (QED) is 0.349. The van der Waals surface area contributed by atoms with E-state index in [0.717, 1.165) is 25.0 Å². The Balaban J connectivity index is 0.000000250. The van der Waals surface area contributed by atoms with E-state index in [1.54, 1.807) is 5.57 Å². The lowest BCUT2D eigenvalue weighted by molar-refractivity contribution is -0.138. The fraction of sp³-hybridized carbons (Fsp3) is 0.300. The third kappa shape index (κ3) is 9.41. The van der Waals surface area contributed by atoms with Crippen molar-refractivity contribution < 1.29 is 19.4 Å². The van der Waals surface area contributed by atoms with Gasteiger partial charge in [-0.05, 0) is 30.9 Å². The number of carboxylic acid groups (broad SMARTS) is 1. The van der Waals surface area contributed by atoms with Crippen LogP contribution in [-0.4, -0.2) is 23.7 Å². The maximum Gasteiger partial charge on any atom is 0.337 e. The Kier molecular flexibility index (Phi) is 8.90. The summed E-state index contributed by atoms with van der Waals surface area (Å²) in [4.78, 5) is 21.2. The number of esters is 1. The first-order valence-electron chi connectivity index (χ1n) is 8.04. The van der Waals surface area contributed by atoms with Crippen molar-refractivity contribution in [2.75, 3.05) is 6.61 Å². The van der Waals surface area contributed by atoms with Crippen LogP contribution in [0.25, 0.3) is 6.08 Å². The van der Waals surface area contributed by atoms with E-state index in [4.69, 9.17) is 9.84 Å². The minimum absolute atomic E-state index is 0.0449. The van der Waals surface area contributed by atoms with Crippen molar-refractivity contribution in [1.29, 1.82) is 0 Å². The number of hydrogen-bond acceptors (Lipinski definition) is 3. The SMILES string of the molecule is C(=C1CC1)c1ccccc1.C=C(C=CC(=O)O)C(=O)OCCCC. The molecular weight excluding hydrogens is 304 g/mol. The Morgan fingerprint density at radius 3 is 2.42 bits per heavy atom. The van der Waals surface area contributed by atoms with Gasteiger partial charge in [-0.2, -0.15) is 0 Å². The number of allylic oxidation sites excluding steroid dienone is 1. The van der Waals surface area contributed by atoms with E-state index in [9.17, 15) is 9.59 Å². The number of carbonyl (C=O) groups is 2. The Labute approximate surface area is 143 Å². The standard InChI is InChI=1S/C10H14O4.C10H10/c1-3-4-7-14-10(13)8(2)5-6-9(11)12;1-2-4-9(5-3-1)8-10-6-7-10/h5-6H,2-4,7H2,1H3,(H,11,12);1-5,8H,6-7H2. The molecule has 0 unspecified atom stereocenters. The van der Waals surface area contributed by atoms with Gasteiger partial charge in [-0.25, -0.2) is 9.59 Å². The molecule has 0 saturated heterocycles.